The standard InChI is InChI=1S/C17H19NO2/c1-2-5-14(6-3-1)12-18-13-15-7-8-16-17(11-15)20-10-4-9-19-16/h1-3,5-8,11,18H,4,9-10,12-13H2. The summed E-state index contributed by atoms with van der Waals surface area (Å²) in [6.45, 7) is 3.16. The number of hydrogen-bond donors (Lipinski definition) is 1. The fraction of sp³-hybridized carbons (Fsp3) is 0.294. The molecule has 104 valence electrons. The molecule has 1 N–H and O–H groups in total. The van der Waals surface area contributed by atoms with Crippen molar-refractivity contribution >= 4 is 0 Å². The Hall–Kier alpha value is -2.00. The molecule has 1 aliphatic rings. The van der Waals surface area contributed by atoms with Gasteiger partial charge in [-0.2, -0.15) is 0 Å². The minimum absolute atomic E-state index is 0.730. The molecule has 0 amide bonds. The van der Waals surface area contributed by atoms with Gasteiger partial charge in [0, 0.05) is 19.5 Å². The van der Waals surface area contributed by atoms with Gasteiger partial charge in [0.1, 0.15) is 0 Å². The normalized spacial score (nSPS) is 13.8. The van der Waals surface area contributed by atoms with Crippen LogP contribution >= 0.6 is 0 Å². The quantitative estimate of drug-likeness (QED) is 0.925. The Morgan fingerprint density at radius 1 is 0.800 bits per heavy atom. The van der Waals surface area contributed by atoms with E-state index in [4.69, 9.17) is 9.47 Å². The molecule has 0 fully saturated rings. The highest BCUT2D eigenvalue weighted by Crippen LogP contribution is 2.30. The average Bonchev–Trinajstić information content (AvgIpc) is 2.73. The number of rotatable bonds is 4. The maximum atomic E-state index is 5.70. The third-order valence-corrected chi connectivity index (χ3v) is 3.31. The lowest BCUT2D eigenvalue weighted by atomic mass is 10.2. The fourth-order valence-corrected chi connectivity index (χ4v) is 2.26. The van der Waals surface area contributed by atoms with Gasteiger partial charge in [0.2, 0.25) is 0 Å². The Balaban J connectivity index is 1.59. The van der Waals surface area contributed by atoms with Crippen molar-refractivity contribution in [2.24, 2.45) is 0 Å². The molecule has 1 heterocycles. The van der Waals surface area contributed by atoms with Crippen molar-refractivity contribution in [3.8, 4) is 11.5 Å². The summed E-state index contributed by atoms with van der Waals surface area (Å²) in [5.74, 6) is 1.72. The summed E-state index contributed by atoms with van der Waals surface area (Å²) >= 11 is 0. The van der Waals surface area contributed by atoms with Crippen LogP contribution in [0.4, 0.5) is 0 Å². The first-order valence-electron chi connectivity index (χ1n) is 7.05. The topological polar surface area (TPSA) is 30.5 Å². The largest absolute Gasteiger partial charge is 0.490 e. The molecule has 0 aromatic heterocycles. The van der Waals surface area contributed by atoms with Crippen LogP contribution in [-0.4, -0.2) is 13.2 Å². The van der Waals surface area contributed by atoms with Gasteiger partial charge in [-0.1, -0.05) is 36.4 Å². The molecule has 0 spiro atoms. The van der Waals surface area contributed by atoms with E-state index in [1.165, 1.54) is 11.1 Å². The number of fused-ring (bicyclic) bond motifs is 1. The Morgan fingerprint density at radius 2 is 1.55 bits per heavy atom. The van der Waals surface area contributed by atoms with Crippen molar-refractivity contribution in [1.29, 1.82) is 0 Å². The van der Waals surface area contributed by atoms with Crippen molar-refractivity contribution in [3.05, 3.63) is 59.7 Å². The average molecular weight is 269 g/mol. The van der Waals surface area contributed by atoms with Gasteiger partial charge >= 0.3 is 0 Å². The van der Waals surface area contributed by atoms with E-state index >= 15 is 0 Å². The zero-order chi connectivity index (χ0) is 13.6. The molecule has 0 atom stereocenters. The van der Waals surface area contributed by atoms with Crippen LogP contribution in [0.25, 0.3) is 0 Å². The first kappa shape index (κ1) is 13.0. The van der Waals surface area contributed by atoms with E-state index in [2.05, 4.69) is 41.7 Å². The predicted octanol–water partition coefficient (Wildman–Crippen LogP) is 3.14. The van der Waals surface area contributed by atoms with E-state index in [0.717, 1.165) is 44.2 Å². The Kier molecular flexibility index (Phi) is 4.19. The van der Waals surface area contributed by atoms with Crippen LogP contribution in [0, 0.1) is 0 Å². The highest BCUT2D eigenvalue weighted by molar-refractivity contribution is 5.43. The minimum atomic E-state index is 0.730. The van der Waals surface area contributed by atoms with Crippen molar-refractivity contribution in [3.63, 3.8) is 0 Å². The molecule has 1 aliphatic heterocycles. The summed E-state index contributed by atoms with van der Waals surface area (Å²) in [4.78, 5) is 0. The first-order valence-corrected chi connectivity index (χ1v) is 7.05. The molecule has 3 rings (SSSR count). The summed E-state index contributed by atoms with van der Waals surface area (Å²) in [5, 5.41) is 3.44. The minimum Gasteiger partial charge on any atom is -0.490 e. The molecule has 0 bridgehead atoms. The second-order valence-corrected chi connectivity index (χ2v) is 4.92. The lowest BCUT2D eigenvalue weighted by Crippen LogP contribution is -2.12. The van der Waals surface area contributed by atoms with E-state index in [0.29, 0.717) is 0 Å². The highest BCUT2D eigenvalue weighted by Gasteiger charge is 2.10. The van der Waals surface area contributed by atoms with Crippen LogP contribution in [0.5, 0.6) is 11.5 Å². The lowest BCUT2D eigenvalue weighted by Gasteiger charge is -2.10. The van der Waals surface area contributed by atoms with E-state index in [1.54, 1.807) is 0 Å². The molecular weight excluding hydrogens is 250 g/mol. The van der Waals surface area contributed by atoms with Gasteiger partial charge in [-0.25, -0.2) is 0 Å². The predicted molar refractivity (Wildman–Crippen MR) is 79.0 cm³/mol. The zero-order valence-electron chi connectivity index (χ0n) is 11.5. The summed E-state index contributed by atoms with van der Waals surface area (Å²) < 4.78 is 11.3. The Labute approximate surface area is 119 Å². The highest BCUT2D eigenvalue weighted by atomic mass is 16.5. The third-order valence-electron chi connectivity index (χ3n) is 3.31. The molecule has 0 unspecified atom stereocenters. The Bertz CT molecular complexity index is 554. The van der Waals surface area contributed by atoms with Gasteiger partial charge in [0.15, 0.2) is 11.5 Å². The first-order chi connectivity index (χ1) is 9.92. The van der Waals surface area contributed by atoms with Crippen molar-refractivity contribution < 1.29 is 9.47 Å². The van der Waals surface area contributed by atoms with Gasteiger partial charge in [-0.15, -0.1) is 0 Å². The van der Waals surface area contributed by atoms with Crippen molar-refractivity contribution in [1.82, 2.24) is 5.32 Å². The lowest BCUT2D eigenvalue weighted by molar-refractivity contribution is 0.297. The van der Waals surface area contributed by atoms with Gasteiger partial charge in [0.25, 0.3) is 0 Å². The van der Waals surface area contributed by atoms with E-state index in [-0.39, 0.29) is 0 Å². The number of nitrogens with one attached hydrogen (secondary N) is 1. The van der Waals surface area contributed by atoms with E-state index in [9.17, 15) is 0 Å². The second kappa shape index (κ2) is 6.44. The molecule has 0 saturated heterocycles. The van der Waals surface area contributed by atoms with Gasteiger partial charge in [-0.3, -0.25) is 0 Å². The summed E-state index contributed by atoms with van der Waals surface area (Å²) in [7, 11) is 0. The fourth-order valence-electron chi connectivity index (χ4n) is 2.26. The summed E-state index contributed by atoms with van der Waals surface area (Å²) in [6.07, 6.45) is 0.941. The van der Waals surface area contributed by atoms with Crippen LogP contribution in [0.2, 0.25) is 0 Å². The van der Waals surface area contributed by atoms with Crippen LogP contribution < -0.4 is 14.8 Å². The molecule has 0 radical (unpaired) electrons. The molecule has 3 nitrogen and oxygen atoms in total. The molecular formula is C17H19NO2. The van der Waals surface area contributed by atoms with Crippen molar-refractivity contribution in [2.45, 2.75) is 19.5 Å². The molecule has 2 aromatic rings. The SMILES string of the molecule is c1ccc(CNCc2ccc3c(c2)OCCCO3)cc1. The smallest absolute Gasteiger partial charge is 0.161 e. The maximum absolute atomic E-state index is 5.70. The maximum Gasteiger partial charge on any atom is 0.161 e. The van der Waals surface area contributed by atoms with Gasteiger partial charge in [0.05, 0.1) is 13.2 Å². The molecule has 3 heteroatoms. The number of benzene rings is 2. The third kappa shape index (κ3) is 3.31. The van der Waals surface area contributed by atoms with E-state index in [1.807, 2.05) is 12.1 Å². The van der Waals surface area contributed by atoms with Gasteiger partial charge in [-0.05, 0) is 23.3 Å². The monoisotopic (exact) mass is 269 g/mol. The zero-order valence-corrected chi connectivity index (χ0v) is 11.5. The van der Waals surface area contributed by atoms with E-state index < -0.39 is 0 Å². The summed E-state index contributed by atoms with van der Waals surface area (Å²) in [5.41, 5.74) is 2.51. The van der Waals surface area contributed by atoms with Crippen LogP contribution in [0.15, 0.2) is 48.5 Å². The second-order valence-electron chi connectivity index (χ2n) is 4.92. The van der Waals surface area contributed by atoms with Gasteiger partial charge < -0.3 is 14.8 Å². The molecule has 0 saturated carbocycles. The Morgan fingerprint density at radius 3 is 2.40 bits per heavy atom. The van der Waals surface area contributed by atoms with Crippen molar-refractivity contribution in [2.75, 3.05) is 13.2 Å². The molecule has 20 heavy (non-hydrogen) atoms. The molecule has 0 aliphatic carbocycles. The number of ether oxygens (including phenoxy) is 2. The van der Waals surface area contributed by atoms with Crippen LogP contribution in [0.3, 0.4) is 0 Å². The van der Waals surface area contributed by atoms with Crippen LogP contribution in [-0.2, 0) is 13.1 Å². The van der Waals surface area contributed by atoms with Crippen LogP contribution in [0.1, 0.15) is 17.5 Å². The number of hydrogen-bond acceptors (Lipinski definition) is 3. The summed E-state index contributed by atoms with van der Waals surface area (Å²) in [6, 6.07) is 16.6. The molecule has 2 aromatic carbocycles.